The summed E-state index contributed by atoms with van der Waals surface area (Å²) in [7, 11) is 0. The highest BCUT2D eigenvalue weighted by Crippen LogP contribution is 2.47. The van der Waals surface area contributed by atoms with Gasteiger partial charge in [-0.05, 0) is 35.6 Å². The lowest BCUT2D eigenvalue weighted by Gasteiger charge is -2.14. The number of hydrogen-bond acceptors (Lipinski definition) is 2. The van der Waals surface area contributed by atoms with Crippen molar-refractivity contribution in [1.82, 2.24) is 5.32 Å². The third-order valence-electron chi connectivity index (χ3n) is 4.38. The molecule has 0 aliphatic heterocycles. The summed E-state index contributed by atoms with van der Waals surface area (Å²) in [5.74, 6) is -1.56. The molecule has 0 saturated heterocycles. The van der Waals surface area contributed by atoms with Gasteiger partial charge in [0.25, 0.3) is 0 Å². The van der Waals surface area contributed by atoms with E-state index in [1.54, 1.807) is 24.3 Å². The molecule has 0 radical (unpaired) electrons. The molecule has 2 aromatic carbocycles. The maximum Gasteiger partial charge on any atom is 0.312 e. The Kier molecular flexibility index (Phi) is 5.00. The van der Waals surface area contributed by atoms with E-state index < -0.39 is 11.9 Å². The van der Waals surface area contributed by atoms with Crippen LogP contribution in [0.25, 0.3) is 0 Å². The minimum absolute atomic E-state index is 0.0653. The highest BCUT2D eigenvalue weighted by Gasteiger charge is 2.44. The van der Waals surface area contributed by atoms with Crippen LogP contribution in [-0.4, -0.2) is 23.5 Å². The van der Waals surface area contributed by atoms with Gasteiger partial charge in [0.1, 0.15) is 0 Å². The first-order chi connectivity index (χ1) is 11.6. The number of carboxylic acids is 1. The standard InChI is InChI=1S/C19H18BrNO3/c20-14-8-4-7-13(9-14)15-10-16(15)18(22)21-11-17(19(23)24)12-5-2-1-3-6-12/h1-9,15-17H,10-11H2,(H,21,22)(H,23,24). The van der Waals surface area contributed by atoms with E-state index in [4.69, 9.17) is 0 Å². The van der Waals surface area contributed by atoms with E-state index in [9.17, 15) is 14.7 Å². The molecule has 4 nitrogen and oxygen atoms in total. The fourth-order valence-corrected chi connectivity index (χ4v) is 3.37. The van der Waals surface area contributed by atoms with Gasteiger partial charge in [-0.2, -0.15) is 0 Å². The molecular formula is C19H18BrNO3. The lowest BCUT2D eigenvalue weighted by atomic mass is 9.99. The van der Waals surface area contributed by atoms with Crippen molar-refractivity contribution in [2.24, 2.45) is 5.92 Å². The number of hydrogen-bond donors (Lipinski definition) is 2. The summed E-state index contributed by atoms with van der Waals surface area (Å²) in [5.41, 5.74) is 1.84. The number of carboxylic acid groups (broad SMARTS) is 1. The average Bonchev–Trinajstić information content (AvgIpc) is 3.36. The van der Waals surface area contributed by atoms with E-state index in [-0.39, 0.29) is 24.3 Å². The number of halogens is 1. The number of rotatable bonds is 6. The number of aliphatic carboxylic acids is 1. The molecule has 1 amide bonds. The maximum atomic E-state index is 12.3. The molecule has 124 valence electrons. The third-order valence-corrected chi connectivity index (χ3v) is 4.88. The Morgan fingerprint density at radius 3 is 2.58 bits per heavy atom. The summed E-state index contributed by atoms with van der Waals surface area (Å²) >= 11 is 3.44. The normalized spacial score (nSPS) is 20.2. The van der Waals surface area contributed by atoms with Crippen LogP contribution in [0.3, 0.4) is 0 Å². The smallest absolute Gasteiger partial charge is 0.312 e. The molecule has 2 N–H and O–H groups in total. The topological polar surface area (TPSA) is 66.4 Å². The second kappa shape index (κ2) is 7.18. The molecule has 1 saturated carbocycles. The van der Waals surface area contributed by atoms with Crippen LogP contribution in [-0.2, 0) is 9.59 Å². The Balaban J connectivity index is 1.59. The van der Waals surface area contributed by atoms with Gasteiger partial charge < -0.3 is 10.4 Å². The van der Waals surface area contributed by atoms with Crippen LogP contribution >= 0.6 is 15.9 Å². The SMILES string of the molecule is O=C(O)C(CNC(=O)C1CC1c1cccc(Br)c1)c1ccccc1. The summed E-state index contributed by atoms with van der Waals surface area (Å²) in [4.78, 5) is 23.8. The van der Waals surface area contributed by atoms with Crippen molar-refractivity contribution in [2.75, 3.05) is 6.54 Å². The molecular weight excluding hydrogens is 370 g/mol. The van der Waals surface area contributed by atoms with Crippen LogP contribution in [0, 0.1) is 5.92 Å². The Morgan fingerprint density at radius 1 is 1.17 bits per heavy atom. The van der Waals surface area contributed by atoms with Gasteiger partial charge >= 0.3 is 5.97 Å². The molecule has 3 rings (SSSR count). The molecule has 5 heteroatoms. The Hall–Kier alpha value is -2.14. The first-order valence-corrected chi connectivity index (χ1v) is 8.66. The van der Waals surface area contributed by atoms with Crippen LogP contribution in [0.2, 0.25) is 0 Å². The largest absolute Gasteiger partial charge is 0.481 e. The predicted octanol–water partition coefficient (Wildman–Crippen LogP) is 3.54. The number of amides is 1. The van der Waals surface area contributed by atoms with Gasteiger partial charge in [0, 0.05) is 16.9 Å². The van der Waals surface area contributed by atoms with Crippen molar-refractivity contribution in [3.05, 3.63) is 70.2 Å². The van der Waals surface area contributed by atoms with Crippen LogP contribution in [0.5, 0.6) is 0 Å². The van der Waals surface area contributed by atoms with Crippen LogP contribution < -0.4 is 5.32 Å². The predicted molar refractivity (Wildman–Crippen MR) is 94.8 cm³/mol. The van der Waals surface area contributed by atoms with Gasteiger partial charge in [0.05, 0.1) is 5.92 Å². The average molecular weight is 388 g/mol. The number of carbonyl (C=O) groups is 2. The van der Waals surface area contributed by atoms with Crippen molar-refractivity contribution >= 4 is 27.8 Å². The lowest BCUT2D eigenvalue weighted by molar-refractivity contribution is -0.138. The van der Waals surface area contributed by atoms with Crippen molar-refractivity contribution in [3.8, 4) is 0 Å². The maximum absolute atomic E-state index is 12.3. The Morgan fingerprint density at radius 2 is 1.92 bits per heavy atom. The summed E-state index contributed by atoms with van der Waals surface area (Å²) < 4.78 is 1.00. The fourth-order valence-electron chi connectivity index (χ4n) is 2.96. The van der Waals surface area contributed by atoms with E-state index in [1.807, 2.05) is 30.3 Å². The quantitative estimate of drug-likeness (QED) is 0.796. The fraction of sp³-hybridized carbons (Fsp3) is 0.263. The second-order valence-electron chi connectivity index (χ2n) is 6.05. The van der Waals surface area contributed by atoms with Crippen LogP contribution in [0.15, 0.2) is 59.1 Å². The van der Waals surface area contributed by atoms with E-state index in [1.165, 1.54) is 0 Å². The van der Waals surface area contributed by atoms with Gasteiger partial charge in [-0.25, -0.2) is 0 Å². The molecule has 24 heavy (non-hydrogen) atoms. The lowest BCUT2D eigenvalue weighted by Crippen LogP contribution is -2.32. The summed E-state index contributed by atoms with van der Waals surface area (Å²) in [6, 6.07) is 17.0. The van der Waals surface area contributed by atoms with Crippen molar-refractivity contribution in [1.29, 1.82) is 0 Å². The second-order valence-corrected chi connectivity index (χ2v) is 6.97. The molecule has 1 aliphatic carbocycles. The molecule has 0 bridgehead atoms. The van der Waals surface area contributed by atoms with Crippen molar-refractivity contribution in [3.63, 3.8) is 0 Å². The van der Waals surface area contributed by atoms with E-state index >= 15 is 0 Å². The zero-order valence-electron chi connectivity index (χ0n) is 13.0. The molecule has 0 spiro atoms. The van der Waals surface area contributed by atoms with Crippen LogP contribution in [0.4, 0.5) is 0 Å². The number of nitrogens with one attached hydrogen (secondary N) is 1. The van der Waals surface area contributed by atoms with E-state index in [0.29, 0.717) is 5.56 Å². The monoisotopic (exact) mass is 387 g/mol. The van der Waals surface area contributed by atoms with Crippen molar-refractivity contribution in [2.45, 2.75) is 18.3 Å². The molecule has 0 heterocycles. The number of carbonyl (C=O) groups excluding carboxylic acids is 1. The molecule has 2 aromatic rings. The van der Waals surface area contributed by atoms with Gasteiger partial charge in [-0.3, -0.25) is 9.59 Å². The van der Waals surface area contributed by atoms with E-state index in [2.05, 4.69) is 21.2 Å². The Labute approximate surface area is 149 Å². The Bertz CT molecular complexity index is 747. The number of benzene rings is 2. The summed E-state index contributed by atoms with van der Waals surface area (Å²) in [6.07, 6.45) is 0.811. The van der Waals surface area contributed by atoms with Gasteiger partial charge in [0.15, 0.2) is 0 Å². The highest BCUT2D eigenvalue weighted by molar-refractivity contribution is 9.10. The highest BCUT2D eigenvalue weighted by atomic mass is 79.9. The minimum atomic E-state index is -0.930. The minimum Gasteiger partial charge on any atom is -0.481 e. The third kappa shape index (κ3) is 3.85. The molecule has 1 fully saturated rings. The first-order valence-electron chi connectivity index (χ1n) is 7.87. The van der Waals surface area contributed by atoms with Gasteiger partial charge in [-0.15, -0.1) is 0 Å². The van der Waals surface area contributed by atoms with Crippen LogP contribution in [0.1, 0.15) is 29.4 Å². The van der Waals surface area contributed by atoms with Gasteiger partial charge in [-0.1, -0.05) is 58.4 Å². The molecule has 3 unspecified atom stereocenters. The molecule has 1 aliphatic rings. The zero-order chi connectivity index (χ0) is 17.1. The molecule has 0 aromatic heterocycles. The first kappa shape index (κ1) is 16.7. The zero-order valence-corrected chi connectivity index (χ0v) is 14.6. The summed E-state index contributed by atoms with van der Waals surface area (Å²) in [6.45, 7) is 0.111. The van der Waals surface area contributed by atoms with E-state index in [0.717, 1.165) is 16.5 Å². The van der Waals surface area contributed by atoms with Crippen molar-refractivity contribution < 1.29 is 14.7 Å². The summed E-state index contributed by atoms with van der Waals surface area (Å²) in [5, 5.41) is 12.2. The van der Waals surface area contributed by atoms with Gasteiger partial charge in [0.2, 0.25) is 5.91 Å². The molecule has 3 atom stereocenters.